The zero-order chi connectivity index (χ0) is 13.3. The van der Waals surface area contributed by atoms with Crippen LogP contribution in [-0.2, 0) is 4.79 Å². The number of carbonyl (C=O) groups is 1. The molecule has 4 nitrogen and oxygen atoms in total. The minimum absolute atomic E-state index is 0.154. The molecule has 0 aliphatic heterocycles. The highest BCUT2D eigenvalue weighted by Crippen LogP contribution is 2.09. The number of rotatable bonds is 10. The van der Waals surface area contributed by atoms with Gasteiger partial charge in [0.2, 0.25) is 0 Å². The van der Waals surface area contributed by atoms with Crippen LogP contribution in [0.15, 0.2) is 0 Å². The van der Waals surface area contributed by atoms with Gasteiger partial charge in [-0.3, -0.25) is 9.69 Å². The van der Waals surface area contributed by atoms with Crippen LogP contribution in [-0.4, -0.2) is 60.6 Å². The second kappa shape index (κ2) is 9.42. The van der Waals surface area contributed by atoms with Crippen LogP contribution in [0.25, 0.3) is 0 Å². The molecule has 0 aromatic heterocycles. The van der Waals surface area contributed by atoms with Crippen LogP contribution in [0.3, 0.4) is 0 Å². The lowest BCUT2D eigenvalue weighted by atomic mass is 10.1. The fourth-order valence-electron chi connectivity index (χ4n) is 1.83. The molecule has 0 aliphatic rings. The highest BCUT2D eigenvalue weighted by Gasteiger charge is 2.16. The molecule has 0 fully saturated rings. The first-order valence-electron chi connectivity index (χ1n) is 6.58. The smallest absolute Gasteiger partial charge is 0.317 e. The molecule has 0 aromatic carbocycles. The average Bonchev–Trinajstić information content (AvgIpc) is 2.23. The summed E-state index contributed by atoms with van der Waals surface area (Å²) in [6, 6.07) is 0.359. The maximum absolute atomic E-state index is 10.8. The second-order valence-corrected chi connectivity index (χ2v) is 5.01. The van der Waals surface area contributed by atoms with Gasteiger partial charge in [0.15, 0.2) is 0 Å². The number of carboxylic acids is 1. The molecule has 1 unspecified atom stereocenters. The SMILES string of the molecule is CCCCCC(C)N(CCN(C)C)CC(=O)O. The Bertz CT molecular complexity index is 208. The Balaban J connectivity index is 4.09. The van der Waals surface area contributed by atoms with Gasteiger partial charge in [-0.1, -0.05) is 26.2 Å². The van der Waals surface area contributed by atoms with E-state index in [0.717, 1.165) is 19.5 Å². The summed E-state index contributed by atoms with van der Waals surface area (Å²) in [4.78, 5) is 15.0. The van der Waals surface area contributed by atoms with Crippen LogP contribution in [0.5, 0.6) is 0 Å². The predicted molar refractivity (Wildman–Crippen MR) is 71.4 cm³/mol. The third-order valence-electron chi connectivity index (χ3n) is 3.02. The molecule has 0 saturated heterocycles. The zero-order valence-corrected chi connectivity index (χ0v) is 11.8. The van der Waals surface area contributed by atoms with Crippen molar-refractivity contribution < 1.29 is 9.90 Å². The summed E-state index contributed by atoms with van der Waals surface area (Å²) >= 11 is 0. The van der Waals surface area contributed by atoms with Crippen LogP contribution in [0.1, 0.15) is 39.5 Å². The highest BCUT2D eigenvalue weighted by molar-refractivity contribution is 5.69. The van der Waals surface area contributed by atoms with Crippen molar-refractivity contribution in [2.75, 3.05) is 33.7 Å². The van der Waals surface area contributed by atoms with Gasteiger partial charge >= 0.3 is 5.97 Å². The number of hydrogen-bond acceptors (Lipinski definition) is 3. The molecule has 1 N–H and O–H groups in total. The Labute approximate surface area is 106 Å². The molecule has 0 spiro atoms. The topological polar surface area (TPSA) is 43.8 Å². The van der Waals surface area contributed by atoms with Gasteiger partial charge < -0.3 is 10.0 Å². The lowest BCUT2D eigenvalue weighted by Crippen LogP contribution is -2.41. The van der Waals surface area contributed by atoms with E-state index in [9.17, 15) is 4.79 Å². The Morgan fingerprint density at radius 1 is 1.24 bits per heavy atom. The maximum Gasteiger partial charge on any atom is 0.317 e. The first-order valence-corrected chi connectivity index (χ1v) is 6.58. The Hall–Kier alpha value is -0.610. The van der Waals surface area contributed by atoms with Crippen molar-refractivity contribution in [3.8, 4) is 0 Å². The van der Waals surface area contributed by atoms with E-state index >= 15 is 0 Å². The van der Waals surface area contributed by atoms with Crippen molar-refractivity contribution in [2.24, 2.45) is 0 Å². The molecule has 0 rings (SSSR count). The van der Waals surface area contributed by atoms with Gasteiger partial charge in [0.25, 0.3) is 0 Å². The molecule has 0 heterocycles. The Morgan fingerprint density at radius 2 is 1.88 bits per heavy atom. The monoisotopic (exact) mass is 244 g/mol. The first-order chi connectivity index (χ1) is 7.97. The molecule has 0 aliphatic carbocycles. The van der Waals surface area contributed by atoms with E-state index in [4.69, 9.17) is 5.11 Å². The van der Waals surface area contributed by atoms with E-state index in [-0.39, 0.29) is 6.54 Å². The van der Waals surface area contributed by atoms with Gasteiger partial charge in [-0.05, 0) is 27.4 Å². The molecule has 0 aromatic rings. The number of likely N-dealkylation sites (N-methyl/N-ethyl adjacent to an activating group) is 1. The van der Waals surface area contributed by atoms with Crippen LogP contribution >= 0.6 is 0 Å². The largest absolute Gasteiger partial charge is 0.480 e. The molecular weight excluding hydrogens is 216 g/mol. The van der Waals surface area contributed by atoms with Gasteiger partial charge in [0.05, 0.1) is 6.54 Å². The lowest BCUT2D eigenvalue weighted by Gasteiger charge is -2.28. The van der Waals surface area contributed by atoms with Crippen LogP contribution < -0.4 is 0 Å². The number of nitrogens with zero attached hydrogens (tertiary/aromatic N) is 2. The predicted octanol–water partition coefficient (Wildman–Crippen LogP) is 1.90. The minimum Gasteiger partial charge on any atom is -0.480 e. The number of unbranched alkanes of at least 4 members (excludes halogenated alkanes) is 2. The van der Waals surface area contributed by atoms with E-state index in [0.29, 0.717) is 6.04 Å². The van der Waals surface area contributed by atoms with Gasteiger partial charge in [-0.15, -0.1) is 0 Å². The van der Waals surface area contributed by atoms with E-state index in [2.05, 4.69) is 23.6 Å². The summed E-state index contributed by atoms with van der Waals surface area (Å²) in [6.07, 6.45) is 4.73. The molecule has 4 heteroatoms. The summed E-state index contributed by atoms with van der Waals surface area (Å²) in [5.41, 5.74) is 0. The number of hydrogen-bond donors (Lipinski definition) is 1. The normalized spacial score (nSPS) is 13.3. The molecule has 0 radical (unpaired) electrons. The van der Waals surface area contributed by atoms with Crippen molar-refractivity contribution >= 4 is 5.97 Å². The fourth-order valence-corrected chi connectivity index (χ4v) is 1.83. The number of aliphatic carboxylic acids is 1. The van der Waals surface area contributed by atoms with Gasteiger partial charge in [-0.25, -0.2) is 0 Å². The van der Waals surface area contributed by atoms with Gasteiger partial charge in [0.1, 0.15) is 0 Å². The van der Waals surface area contributed by atoms with E-state index in [1.807, 2.05) is 14.1 Å². The summed E-state index contributed by atoms with van der Waals surface area (Å²) in [7, 11) is 4.03. The van der Waals surface area contributed by atoms with Crippen molar-refractivity contribution in [1.82, 2.24) is 9.80 Å². The Kier molecular flexibility index (Phi) is 9.09. The van der Waals surface area contributed by atoms with E-state index < -0.39 is 5.97 Å². The average molecular weight is 244 g/mol. The maximum atomic E-state index is 10.8. The molecule has 17 heavy (non-hydrogen) atoms. The van der Waals surface area contributed by atoms with Crippen molar-refractivity contribution in [3.63, 3.8) is 0 Å². The van der Waals surface area contributed by atoms with Gasteiger partial charge in [0, 0.05) is 19.1 Å². The van der Waals surface area contributed by atoms with Crippen LogP contribution in [0, 0.1) is 0 Å². The highest BCUT2D eigenvalue weighted by atomic mass is 16.4. The number of carboxylic acid groups (broad SMARTS) is 1. The second-order valence-electron chi connectivity index (χ2n) is 5.01. The van der Waals surface area contributed by atoms with Crippen molar-refractivity contribution in [3.05, 3.63) is 0 Å². The summed E-state index contributed by atoms with van der Waals surface area (Å²) in [5, 5.41) is 8.91. The van der Waals surface area contributed by atoms with Crippen LogP contribution in [0.4, 0.5) is 0 Å². The zero-order valence-electron chi connectivity index (χ0n) is 11.8. The summed E-state index contributed by atoms with van der Waals surface area (Å²) in [5.74, 6) is -0.730. The van der Waals surface area contributed by atoms with E-state index in [1.54, 1.807) is 0 Å². The lowest BCUT2D eigenvalue weighted by molar-refractivity contribution is -0.138. The standard InChI is InChI=1S/C13H28N2O2/c1-5-6-7-8-12(2)15(11-13(16)17)10-9-14(3)4/h12H,5-11H2,1-4H3,(H,16,17). The van der Waals surface area contributed by atoms with Crippen molar-refractivity contribution in [2.45, 2.75) is 45.6 Å². The van der Waals surface area contributed by atoms with Gasteiger partial charge in [-0.2, -0.15) is 0 Å². The summed E-state index contributed by atoms with van der Waals surface area (Å²) in [6.45, 7) is 6.21. The Morgan fingerprint density at radius 3 is 2.35 bits per heavy atom. The minimum atomic E-state index is -0.730. The fraction of sp³-hybridized carbons (Fsp3) is 0.923. The third kappa shape index (κ3) is 9.12. The molecule has 1 atom stereocenters. The molecule has 102 valence electrons. The van der Waals surface area contributed by atoms with Crippen molar-refractivity contribution in [1.29, 1.82) is 0 Å². The van der Waals surface area contributed by atoms with Crippen LogP contribution in [0.2, 0.25) is 0 Å². The molecule has 0 bridgehead atoms. The molecular formula is C13H28N2O2. The first kappa shape index (κ1) is 16.4. The van der Waals surface area contributed by atoms with E-state index in [1.165, 1.54) is 19.3 Å². The third-order valence-corrected chi connectivity index (χ3v) is 3.02. The summed E-state index contributed by atoms with van der Waals surface area (Å²) < 4.78 is 0. The quantitative estimate of drug-likeness (QED) is 0.596. The molecule has 0 amide bonds. The molecule has 0 saturated carbocycles.